The van der Waals surface area contributed by atoms with Gasteiger partial charge in [-0.3, -0.25) is 19.8 Å². The third-order valence-electron chi connectivity index (χ3n) is 4.61. The fraction of sp³-hybridized carbons (Fsp3) is 0.263. The van der Waals surface area contributed by atoms with Crippen LogP contribution in [0.1, 0.15) is 12.5 Å². The smallest absolute Gasteiger partial charge is 0.329 e. The van der Waals surface area contributed by atoms with Crippen molar-refractivity contribution in [2.75, 3.05) is 13.1 Å². The number of carbonyl (C=O) groups excluding carboxylic acids is 4. The lowest BCUT2D eigenvalue weighted by atomic mass is 9.90. The average Bonchev–Trinajstić information content (AvgIpc) is 2.89. The van der Waals surface area contributed by atoms with E-state index in [1.165, 1.54) is 12.2 Å². The van der Waals surface area contributed by atoms with Crippen LogP contribution in [0.4, 0.5) is 22.8 Å². The van der Waals surface area contributed by atoms with E-state index >= 15 is 0 Å². The van der Waals surface area contributed by atoms with Gasteiger partial charge in [0, 0.05) is 0 Å². The van der Waals surface area contributed by atoms with E-state index in [2.05, 4.69) is 5.32 Å². The van der Waals surface area contributed by atoms with Crippen molar-refractivity contribution in [3.8, 4) is 0 Å². The minimum absolute atomic E-state index is 0.491. The minimum atomic E-state index is -4.65. The van der Waals surface area contributed by atoms with Crippen LogP contribution in [0.3, 0.4) is 0 Å². The molecule has 0 bridgehead atoms. The number of nitrogens with zero attached hydrogens (tertiary/aromatic N) is 1. The molecular weight excluding hydrogens is 405 g/mol. The van der Waals surface area contributed by atoms with Gasteiger partial charge in [-0.25, -0.2) is 9.59 Å². The molecule has 1 atom stereocenters. The van der Waals surface area contributed by atoms with Crippen molar-refractivity contribution in [1.29, 1.82) is 0 Å². The zero-order valence-corrected chi connectivity index (χ0v) is 15.7. The Balaban J connectivity index is 1.70. The molecule has 1 fully saturated rings. The standard InChI is InChI=1S/C19H17F3N4O4/c1-18(13-7-6-11-4-2-3-5-12(11)8-13)15(28)26(17(30)25-18)9-14(27)24-16(29)23-10-19(20,21)22/h2-8H,9-10H2,1H3,(H,25,30)(H2,23,24,27,29)/t18-/m1/s1. The highest BCUT2D eigenvalue weighted by Crippen LogP contribution is 2.30. The molecule has 2 aromatic rings. The maximum absolute atomic E-state index is 12.9. The lowest BCUT2D eigenvalue weighted by Crippen LogP contribution is -2.48. The third-order valence-corrected chi connectivity index (χ3v) is 4.61. The van der Waals surface area contributed by atoms with E-state index in [1.807, 2.05) is 24.3 Å². The SMILES string of the molecule is C[C@]1(c2ccc3ccccc3c2)NC(=O)N(CC(=O)NC(=O)NCC(F)(F)F)C1=O. The van der Waals surface area contributed by atoms with Crippen LogP contribution in [0.15, 0.2) is 42.5 Å². The molecule has 158 valence electrons. The molecule has 0 saturated carbocycles. The van der Waals surface area contributed by atoms with Crippen LogP contribution in [0.25, 0.3) is 10.8 Å². The molecule has 0 aliphatic carbocycles. The lowest BCUT2D eigenvalue weighted by molar-refractivity contribution is -0.134. The number of carbonyl (C=O) groups is 4. The summed E-state index contributed by atoms with van der Waals surface area (Å²) in [6.07, 6.45) is -4.65. The number of hydrogen-bond acceptors (Lipinski definition) is 4. The zero-order chi connectivity index (χ0) is 22.1. The molecule has 1 saturated heterocycles. The topological polar surface area (TPSA) is 108 Å². The van der Waals surface area contributed by atoms with Crippen LogP contribution in [0.2, 0.25) is 0 Å². The normalized spacial score (nSPS) is 19.0. The first-order valence-corrected chi connectivity index (χ1v) is 8.77. The van der Waals surface area contributed by atoms with E-state index in [-0.39, 0.29) is 0 Å². The molecule has 1 aliphatic heterocycles. The number of nitrogens with one attached hydrogen (secondary N) is 3. The number of halogens is 3. The molecule has 0 unspecified atom stereocenters. The summed E-state index contributed by atoms with van der Waals surface area (Å²) in [4.78, 5) is 49.0. The second kappa shape index (κ2) is 7.65. The summed E-state index contributed by atoms with van der Waals surface area (Å²) < 4.78 is 36.3. The van der Waals surface area contributed by atoms with E-state index in [4.69, 9.17) is 0 Å². The molecule has 6 amide bonds. The number of rotatable bonds is 4. The lowest BCUT2D eigenvalue weighted by Gasteiger charge is -2.22. The Bertz CT molecular complexity index is 1040. The molecule has 0 radical (unpaired) electrons. The number of urea groups is 2. The van der Waals surface area contributed by atoms with Gasteiger partial charge in [-0.15, -0.1) is 0 Å². The monoisotopic (exact) mass is 422 g/mol. The Morgan fingerprint density at radius 1 is 1.10 bits per heavy atom. The van der Waals surface area contributed by atoms with Crippen molar-refractivity contribution in [2.45, 2.75) is 18.6 Å². The summed E-state index contributed by atoms with van der Waals surface area (Å²) in [6, 6.07) is 10.4. The van der Waals surface area contributed by atoms with Gasteiger partial charge < -0.3 is 10.6 Å². The third kappa shape index (κ3) is 4.34. The van der Waals surface area contributed by atoms with Gasteiger partial charge in [0.25, 0.3) is 5.91 Å². The highest BCUT2D eigenvalue weighted by molar-refractivity contribution is 6.10. The van der Waals surface area contributed by atoms with Gasteiger partial charge >= 0.3 is 18.2 Å². The molecule has 1 aliphatic rings. The molecular formula is C19H17F3N4O4. The van der Waals surface area contributed by atoms with Crippen molar-refractivity contribution in [1.82, 2.24) is 20.9 Å². The Labute approximate surface area is 168 Å². The van der Waals surface area contributed by atoms with E-state index < -0.39 is 48.7 Å². The van der Waals surface area contributed by atoms with Crippen molar-refractivity contribution >= 4 is 34.6 Å². The fourth-order valence-corrected chi connectivity index (χ4v) is 3.07. The quantitative estimate of drug-likeness (QED) is 0.655. The summed E-state index contributed by atoms with van der Waals surface area (Å²) in [6.45, 7) is -0.978. The number of alkyl halides is 3. The summed E-state index contributed by atoms with van der Waals surface area (Å²) in [5.41, 5.74) is -0.953. The highest BCUT2D eigenvalue weighted by atomic mass is 19.4. The summed E-state index contributed by atoms with van der Waals surface area (Å²) in [7, 11) is 0. The molecule has 3 rings (SSSR count). The van der Waals surface area contributed by atoms with Crippen molar-refractivity contribution < 1.29 is 32.3 Å². The second-order valence-electron chi connectivity index (χ2n) is 6.85. The predicted molar refractivity (Wildman–Crippen MR) is 99.1 cm³/mol. The van der Waals surface area contributed by atoms with Gasteiger partial charge in [0.2, 0.25) is 5.91 Å². The summed E-state index contributed by atoms with van der Waals surface area (Å²) >= 11 is 0. The van der Waals surface area contributed by atoms with Gasteiger partial charge in [-0.1, -0.05) is 36.4 Å². The molecule has 8 nitrogen and oxygen atoms in total. The van der Waals surface area contributed by atoms with Crippen molar-refractivity contribution in [3.63, 3.8) is 0 Å². The number of amides is 6. The molecule has 3 N–H and O–H groups in total. The first-order valence-electron chi connectivity index (χ1n) is 8.77. The van der Waals surface area contributed by atoms with E-state index in [0.29, 0.717) is 10.5 Å². The molecule has 1 heterocycles. The van der Waals surface area contributed by atoms with Crippen molar-refractivity contribution in [3.05, 3.63) is 48.0 Å². The number of imide groups is 2. The van der Waals surface area contributed by atoms with E-state index in [1.54, 1.807) is 23.5 Å². The van der Waals surface area contributed by atoms with Crippen molar-refractivity contribution in [2.24, 2.45) is 0 Å². The first-order chi connectivity index (χ1) is 14.0. The average molecular weight is 422 g/mol. The summed E-state index contributed by atoms with van der Waals surface area (Å²) in [5, 5.41) is 7.41. The maximum atomic E-state index is 12.9. The molecule has 30 heavy (non-hydrogen) atoms. The van der Waals surface area contributed by atoms with Crippen LogP contribution in [-0.4, -0.2) is 48.0 Å². The second-order valence-corrected chi connectivity index (χ2v) is 6.85. The van der Waals surface area contributed by atoms with Crippen LogP contribution < -0.4 is 16.0 Å². The number of hydrogen-bond donors (Lipinski definition) is 3. The Kier molecular flexibility index (Phi) is 5.38. The molecule has 0 aromatic heterocycles. The zero-order valence-electron chi connectivity index (χ0n) is 15.7. The van der Waals surface area contributed by atoms with E-state index in [9.17, 15) is 32.3 Å². The first kappa shape index (κ1) is 21.1. The number of benzene rings is 2. The number of fused-ring (bicyclic) bond motifs is 1. The molecule has 11 heteroatoms. The van der Waals surface area contributed by atoms with Crippen LogP contribution in [0, 0.1) is 0 Å². The van der Waals surface area contributed by atoms with Crippen LogP contribution >= 0.6 is 0 Å². The highest BCUT2D eigenvalue weighted by Gasteiger charge is 2.49. The van der Waals surface area contributed by atoms with Gasteiger partial charge in [-0.05, 0) is 29.3 Å². The summed E-state index contributed by atoms with van der Waals surface area (Å²) in [5.74, 6) is -1.84. The van der Waals surface area contributed by atoms with Gasteiger partial charge in [0.05, 0.1) is 0 Å². The van der Waals surface area contributed by atoms with Gasteiger partial charge in [0.1, 0.15) is 18.6 Å². The minimum Gasteiger partial charge on any atom is -0.329 e. The molecule has 2 aromatic carbocycles. The van der Waals surface area contributed by atoms with Crippen LogP contribution in [-0.2, 0) is 15.1 Å². The Morgan fingerprint density at radius 2 is 1.77 bits per heavy atom. The van der Waals surface area contributed by atoms with Gasteiger partial charge in [-0.2, -0.15) is 13.2 Å². The van der Waals surface area contributed by atoms with E-state index in [0.717, 1.165) is 10.8 Å². The Morgan fingerprint density at radius 3 is 2.43 bits per heavy atom. The van der Waals surface area contributed by atoms with Gasteiger partial charge in [0.15, 0.2) is 0 Å². The Hall–Kier alpha value is -3.63. The largest absolute Gasteiger partial charge is 0.405 e. The van der Waals surface area contributed by atoms with Crippen LogP contribution in [0.5, 0.6) is 0 Å². The predicted octanol–water partition coefficient (Wildman–Crippen LogP) is 1.99. The fourth-order valence-electron chi connectivity index (χ4n) is 3.07. The molecule has 0 spiro atoms. The maximum Gasteiger partial charge on any atom is 0.405 e.